The molecule has 3 heterocycles. The molecule has 8 aromatic rings. The van der Waals surface area contributed by atoms with E-state index in [1.54, 1.807) is 109 Å². The van der Waals surface area contributed by atoms with Crippen LogP contribution in [0, 0.1) is 11.3 Å². The lowest BCUT2D eigenvalue weighted by atomic mass is 9.85. The molecule has 28 heteroatoms. The van der Waals surface area contributed by atoms with Gasteiger partial charge in [0.1, 0.15) is 43.7 Å². The molecule has 107 heavy (non-hydrogen) atoms. The lowest BCUT2D eigenvalue weighted by Gasteiger charge is -2.51. The van der Waals surface area contributed by atoms with Gasteiger partial charge in [0.2, 0.25) is 12.2 Å². The number of rotatable bonds is 25. The highest BCUT2D eigenvalue weighted by Crippen LogP contribution is 2.42. The van der Waals surface area contributed by atoms with Crippen molar-refractivity contribution in [3.05, 3.63) is 287 Å². The van der Waals surface area contributed by atoms with E-state index in [-0.39, 0.29) is 44.5 Å². The Bertz CT molecular complexity index is 4360. The van der Waals surface area contributed by atoms with E-state index < -0.39 is 175 Å². The van der Waals surface area contributed by atoms with E-state index in [9.17, 15) is 38.4 Å². The van der Waals surface area contributed by atoms with Crippen molar-refractivity contribution in [2.24, 2.45) is 5.92 Å². The van der Waals surface area contributed by atoms with Gasteiger partial charge in [0.25, 0.3) is 3.79 Å². The Hall–Kier alpha value is -10.9. The maximum absolute atomic E-state index is 15.1. The Balaban J connectivity index is 1.13. The Kier molecular flexibility index (Phi) is 26.3. The summed E-state index contributed by atoms with van der Waals surface area (Å²) in [4.78, 5) is 131. The molecule has 554 valence electrons. The minimum Gasteiger partial charge on any atom is -0.469 e. The molecule has 0 amide bonds. The fraction of sp³-hybridized carbons (Fsp3) is 0.266. The lowest BCUT2D eigenvalue weighted by Crippen LogP contribution is -2.68. The molecule has 8 aromatic carbocycles. The molecule has 0 aromatic heterocycles. The molecule has 11 rings (SSSR count). The highest BCUT2D eigenvalue weighted by molar-refractivity contribution is 6.76. The largest absolute Gasteiger partial charge is 0.469 e. The number of nitrogens with one attached hydrogen (secondary N) is 1. The van der Waals surface area contributed by atoms with Gasteiger partial charge in [-0.1, -0.05) is 180 Å². The molecule has 0 bridgehead atoms. The van der Waals surface area contributed by atoms with Gasteiger partial charge >= 0.3 is 53.7 Å². The summed E-state index contributed by atoms with van der Waals surface area (Å²) in [7, 11) is 1.06. The van der Waals surface area contributed by atoms with Gasteiger partial charge in [0.05, 0.1) is 70.1 Å². The minimum absolute atomic E-state index is 0.00220. The van der Waals surface area contributed by atoms with Gasteiger partial charge in [-0.2, -0.15) is 0 Å². The first kappa shape index (κ1) is 77.2. The fourth-order valence-electron chi connectivity index (χ4n) is 11.8. The number of carbonyl (C=O) groups excluding carboxylic acids is 9. The van der Waals surface area contributed by atoms with Crippen LogP contribution in [0.1, 0.15) is 96.2 Å². The predicted molar refractivity (Wildman–Crippen MR) is 378 cm³/mol. The third-order valence-electron chi connectivity index (χ3n) is 17.1. The van der Waals surface area contributed by atoms with E-state index >= 15 is 4.79 Å². The maximum atomic E-state index is 15.1. The van der Waals surface area contributed by atoms with Crippen molar-refractivity contribution in [2.45, 2.75) is 103 Å². The van der Waals surface area contributed by atoms with Crippen molar-refractivity contribution in [2.75, 3.05) is 20.3 Å². The number of ether oxygens (including phenoxy) is 15. The number of halogens is 3. The average molecular weight is 1520 g/mol. The van der Waals surface area contributed by atoms with Crippen LogP contribution in [0.4, 0.5) is 0 Å². The van der Waals surface area contributed by atoms with Gasteiger partial charge in [0, 0.05) is 0 Å². The Labute approximate surface area is 627 Å². The van der Waals surface area contributed by atoms with Crippen molar-refractivity contribution in [3.8, 4) is 0 Å². The molecular formula is C79H68Cl3NO24. The van der Waals surface area contributed by atoms with Crippen LogP contribution in [-0.2, 0) is 75.8 Å². The predicted octanol–water partition coefficient (Wildman–Crippen LogP) is 11.6. The molecule has 1 N–H and O–H groups in total. The first-order chi connectivity index (χ1) is 51.7. The molecule has 3 fully saturated rings. The zero-order valence-corrected chi connectivity index (χ0v) is 59.1. The molecule has 0 radical (unpaired) electrons. The standard InChI is InChI=1S/C79H68Cl3NO24/c1-46-59(99-69(87)49-31-15-5-16-32-49)63(102-72(90)52-37-21-8-22-38-52)65(103-73(91)53-39-23-9-24-40-53)76(96-46)105-62-57(45-95-68(86)48-29-13-4-14-30-48)98-77(107-78(83)79(80,81)82)66(104-74(92)54-41-25-10-26-42-54)64(62)106-75-61(101-71(89)51-35-19-7-20-36-51)55(43-58(84)93-2)60(100-70(88)50-33-17-6-18-34-50)56(97-75)44-94-67(85)47-27-11-3-12-28-47/h3-42,46,55-57,59-66,75-77,83H,43-45H2,1-2H3/t46?,55?,56?,57?,59-,60-,61-,62+,63?,64?,65?,66-,75+,76-,77+/m1/s1. The molecule has 25 nitrogen and oxygen atoms in total. The van der Waals surface area contributed by atoms with Crippen molar-refractivity contribution in [1.82, 2.24) is 0 Å². The second-order valence-corrected chi connectivity index (χ2v) is 26.5. The smallest absolute Gasteiger partial charge is 0.338 e. The van der Waals surface area contributed by atoms with Crippen LogP contribution < -0.4 is 0 Å². The molecule has 7 unspecified atom stereocenters. The zero-order valence-electron chi connectivity index (χ0n) is 56.8. The van der Waals surface area contributed by atoms with E-state index in [0.29, 0.717) is 0 Å². The third-order valence-corrected chi connectivity index (χ3v) is 17.6. The second kappa shape index (κ2) is 36.4. The number of carbonyl (C=O) groups is 9. The van der Waals surface area contributed by atoms with Crippen molar-refractivity contribution in [1.29, 1.82) is 5.41 Å². The van der Waals surface area contributed by atoms with Crippen LogP contribution in [0.15, 0.2) is 243 Å². The molecule has 0 aliphatic carbocycles. The summed E-state index contributed by atoms with van der Waals surface area (Å²) in [6.45, 7) is -0.394. The van der Waals surface area contributed by atoms with E-state index in [1.807, 2.05) is 0 Å². The fourth-order valence-corrected chi connectivity index (χ4v) is 12.0. The second-order valence-electron chi connectivity index (χ2n) is 24.2. The van der Waals surface area contributed by atoms with Gasteiger partial charge in [-0.15, -0.1) is 0 Å². The van der Waals surface area contributed by atoms with Gasteiger partial charge in [-0.05, 0) is 104 Å². The molecule has 3 aliphatic heterocycles. The number of hydrogen-bond donors (Lipinski definition) is 1. The molecular weight excluding hydrogens is 1450 g/mol. The Morgan fingerprint density at radius 2 is 0.617 bits per heavy atom. The van der Waals surface area contributed by atoms with Crippen LogP contribution in [-0.4, -0.2) is 170 Å². The molecule has 0 saturated carbocycles. The van der Waals surface area contributed by atoms with Crippen LogP contribution >= 0.6 is 34.8 Å². The van der Waals surface area contributed by atoms with Crippen molar-refractivity contribution < 1.29 is 114 Å². The SMILES string of the molecule is COC(=O)CC1[C@@H](OC(=O)c2ccccc2)C(COC(=O)c2ccccc2)O[C@@H](OC2[C@@H](O[C@H]3OC(C)[C@@H](OC(=O)c4ccccc4)C(OC(=O)c4ccccc4)C3OC(=O)c3ccccc3)C(COC(=O)c3ccccc3)O[C@@H](OC(=N)C(Cl)(Cl)Cl)[C@@H]2OC(=O)c2ccccc2)[C@@H]1OC(=O)c1ccccc1. The van der Waals surface area contributed by atoms with Gasteiger partial charge < -0.3 is 71.1 Å². The first-order valence-corrected chi connectivity index (χ1v) is 34.5. The molecule has 15 atom stereocenters. The van der Waals surface area contributed by atoms with Crippen molar-refractivity contribution >= 4 is 94.4 Å². The maximum Gasteiger partial charge on any atom is 0.338 e. The average Bonchev–Trinajstić information content (AvgIpc) is 0.753. The van der Waals surface area contributed by atoms with E-state index in [2.05, 4.69) is 0 Å². The zero-order chi connectivity index (χ0) is 75.6. The summed E-state index contributed by atoms with van der Waals surface area (Å²) < 4.78 is 93.6. The molecule has 3 saturated heterocycles. The Morgan fingerprint density at radius 1 is 0.336 bits per heavy atom. The van der Waals surface area contributed by atoms with E-state index in [4.69, 9.17) is 111 Å². The number of esters is 9. The van der Waals surface area contributed by atoms with Crippen LogP contribution in [0.2, 0.25) is 0 Å². The lowest BCUT2D eigenvalue weighted by molar-refractivity contribution is -0.377. The molecule has 0 spiro atoms. The van der Waals surface area contributed by atoms with E-state index in [1.165, 1.54) is 140 Å². The first-order valence-electron chi connectivity index (χ1n) is 33.4. The highest BCUT2D eigenvalue weighted by Gasteiger charge is 2.61. The third kappa shape index (κ3) is 20.0. The van der Waals surface area contributed by atoms with Crippen LogP contribution in [0.5, 0.6) is 0 Å². The number of hydrogen-bond acceptors (Lipinski definition) is 25. The number of benzene rings is 8. The quantitative estimate of drug-likeness (QED) is 0.0183. The Morgan fingerprint density at radius 3 is 0.972 bits per heavy atom. The van der Waals surface area contributed by atoms with Crippen LogP contribution in [0.3, 0.4) is 0 Å². The van der Waals surface area contributed by atoms with Gasteiger partial charge in [0.15, 0.2) is 43.1 Å². The monoisotopic (exact) mass is 1520 g/mol. The summed E-state index contributed by atoms with van der Waals surface area (Å²) in [6, 6.07) is 60.4. The highest BCUT2D eigenvalue weighted by atomic mass is 35.6. The number of methoxy groups -OCH3 is 1. The normalized spacial score (nSPS) is 23.9. The summed E-state index contributed by atoms with van der Waals surface area (Å²) >= 11 is 19.1. The van der Waals surface area contributed by atoms with E-state index in [0.717, 1.165) is 7.11 Å². The number of alkyl halides is 3. The summed E-state index contributed by atoms with van der Waals surface area (Å²) in [5.74, 6) is -12.1. The minimum atomic E-state index is -2.73. The van der Waals surface area contributed by atoms with Crippen LogP contribution in [0.25, 0.3) is 0 Å². The molecule has 3 aliphatic rings. The summed E-state index contributed by atoms with van der Waals surface area (Å²) in [5.41, 5.74) is -0.249. The summed E-state index contributed by atoms with van der Waals surface area (Å²) in [6.07, 6.45) is -29.0. The van der Waals surface area contributed by atoms with Crippen molar-refractivity contribution in [3.63, 3.8) is 0 Å². The summed E-state index contributed by atoms with van der Waals surface area (Å²) in [5, 5.41) is 9.04. The topological polar surface area (TPSA) is 316 Å². The van der Waals surface area contributed by atoms with Gasteiger partial charge in [-0.25, -0.2) is 38.4 Å². The van der Waals surface area contributed by atoms with Gasteiger partial charge in [-0.3, -0.25) is 10.2 Å².